The lowest BCUT2D eigenvalue weighted by molar-refractivity contribution is -0.118. The molecule has 1 aliphatic rings. The van der Waals surface area contributed by atoms with Gasteiger partial charge in [0.1, 0.15) is 4.90 Å². The van der Waals surface area contributed by atoms with Gasteiger partial charge in [-0.1, -0.05) is 6.07 Å². The van der Waals surface area contributed by atoms with E-state index in [1.807, 2.05) is 7.05 Å². The number of hydrogen-bond acceptors (Lipinski definition) is 6. The lowest BCUT2D eigenvalue weighted by atomic mass is 10.2. The summed E-state index contributed by atoms with van der Waals surface area (Å²) >= 11 is 0. The number of fused-ring (bicyclic) bond motifs is 2. The van der Waals surface area contributed by atoms with Crippen molar-refractivity contribution in [3.63, 3.8) is 0 Å². The molecule has 2 aromatic heterocycles. The maximum Gasteiger partial charge on any atom is 0.271 e. The van der Waals surface area contributed by atoms with E-state index in [1.54, 1.807) is 36.7 Å². The summed E-state index contributed by atoms with van der Waals surface area (Å²) in [6.45, 7) is 0.479. The molecular formula is C18H18N4O4S. The lowest BCUT2D eigenvalue weighted by Gasteiger charge is -2.20. The van der Waals surface area contributed by atoms with Crippen molar-refractivity contribution in [2.75, 3.05) is 25.5 Å². The van der Waals surface area contributed by atoms with E-state index in [2.05, 4.69) is 15.6 Å². The number of ether oxygens (including phenoxy) is 1. The summed E-state index contributed by atoms with van der Waals surface area (Å²) in [6.07, 6.45) is 3.89. The Balaban J connectivity index is 1.89. The first kappa shape index (κ1) is 17.5. The van der Waals surface area contributed by atoms with Gasteiger partial charge in [0.05, 0.1) is 16.7 Å². The van der Waals surface area contributed by atoms with Crippen molar-refractivity contribution in [3.8, 4) is 5.75 Å². The maximum absolute atomic E-state index is 13.4. The van der Waals surface area contributed by atoms with Gasteiger partial charge in [-0.3, -0.25) is 9.78 Å². The third-order valence-electron chi connectivity index (χ3n) is 4.38. The van der Waals surface area contributed by atoms with E-state index in [4.69, 9.17) is 4.74 Å². The van der Waals surface area contributed by atoms with Gasteiger partial charge in [-0.15, -0.1) is 0 Å². The lowest BCUT2D eigenvalue weighted by Crippen LogP contribution is -2.27. The largest absolute Gasteiger partial charge is 0.480 e. The summed E-state index contributed by atoms with van der Waals surface area (Å²) in [6, 6.07) is 8.08. The minimum atomic E-state index is -3.95. The quantitative estimate of drug-likeness (QED) is 0.687. The Morgan fingerprint density at radius 2 is 2.15 bits per heavy atom. The van der Waals surface area contributed by atoms with Gasteiger partial charge in [0, 0.05) is 12.4 Å². The molecule has 0 saturated carbocycles. The molecule has 8 nitrogen and oxygen atoms in total. The molecule has 0 bridgehead atoms. The number of hydrogen-bond donors (Lipinski definition) is 2. The molecule has 9 heteroatoms. The number of carbonyl (C=O) groups is 1. The summed E-state index contributed by atoms with van der Waals surface area (Å²) in [5, 5.41) is 5.69. The van der Waals surface area contributed by atoms with E-state index in [-0.39, 0.29) is 23.2 Å². The number of aromatic nitrogens is 2. The zero-order valence-corrected chi connectivity index (χ0v) is 15.4. The fourth-order valence-corrected chi connectivity index (χ4v) is 4.67. The van der Waals surface area contributed by atoms with Crippen molar-refractivity contribution >= 4 is 32.7 Å². The second kappa shape index (κ2) is 6.67. The number of carbonyl (C=O) groups excluding carboxylic acids is 1. The van der Waals surface area contributed by atoms with Crippen LogP contribution in [-0.4, -0.2) is 43.5 Å². The highest BCUT2D eigenvalue weighted by molar-refractivity contribution is 7.90. The predicted octanol–water partition coefficient (Wildman–Crippen LogP) is 1.37. The zero-order chi connectivity index (χ0) is 19.0. The molecular weight excluding hydrogens is 368 g/mol. The van der Waals surface area contributed by atoms with Gasteiger partial charge in [-0.2, -0.15) is 0 Å². The molecule has 0 unspecified atom stereocenters. The van der Waals surface area contributed by atoms with Crippen LogP contribution in [0.5, 0.6) is 5.75 Å². The van der Waals surface area contributed by atoms with Gasteiger partial charge in [0.15, 0.2) is 12.4 Å². The van der Waals surface area contributed by atoms with Gasteiger partial charge < -0.3 is 15.4 Å². The molecule has 0 saturated heterocycles. The molecule has 27 heavy (non-hydrogen) atoms. The van der Waals surface area contributed by atoms with Crippen molar-refractivity contribution in [3.05, 3.63) is 48.3 Å². The minimum absolute atomic E-state index is 0.000851. The highest BCUT2D eigenvalue weighted by atomic mass is 32.2. The zero-order valence-electron chi connectivity index (χ0n) is 14.6. The van der Waals surface area contributed by atoms with E-state index in [0.717, 1.165) is 5.56 Å². The van der Waals surface area contributed by atoms with Crippen LogP contribution in [0.2, 0.25) is 0 Å². The van der Waals surface area contributed by atoms with Gasteiger partial charge >= 0.3 is 0 Å². The van der Waals surface area contributed by atoms with Crippen LogP contribution in [0.4, 0.5) is 5.69 Å². The number of pyridine rings is 1. The molecule has 0 radical (unpaired) electrons. The molecule has 0 aliphatic carbocycles. The molecule has 0 spiro atoms. The Morgan fingerprint density at radius 1 is 1.30 bits per heavy atom. The fourth-order valence-electron chi connectivity index (χ4n) is 3.13. The average molecular weight is 386 g/mol. The number of amides is 1. The van der Waals surface area contributed by atoms with Crippen LogP contribution in [0.15, 0.2) is 47.6 Å². The number of nitrogens with one attached hydrogen (secondary N) is 2. The van der Waals surface area contributed by atoms with Crippen molar-refractivity contribution in [2.24, 2.45) is 0 Å². The number of benzene rings is 1. The smallest absolute Gasteiger partial charge is 0.271 e. The third kappa shape index (κ3) is 2.94. The average Bonchev–Trinajstić information content (AvgIpc) is 3.05. The van der Waals surface area contributed by atoms with E-state index in [1.165, 1.54) is 10.0 Å². The molecule has 140 valence electrons. The molecule has 3 heterocycles. The van der Waals surface area contributed by atoms with Crippen LogP contribution in [0.1, 0.15) is 5.56 Å². The summed E-state index contributed by atoms with van der Waals surface area (Å²) in [5.74, 6) is -0.165. The van der Waals surface area contributed by atoms with Crippen LogP contribution in [0.25, 0.3) is 11.0 Å². The highest BCUT2D eigenvalue weighted by Gasteiger charge is 2.29. The maximum atomic E-state index is 13.4. The normalized spacial score (nSPS) is 13.9. The van der Waals surface area contributed by atoms with Gasteiger partial charge in [-0.25, -0.2) is 12.4 Å². The Morgan fingerprint density at radius 3 is 2.96 bits per heavy atom. The third-order valence-corrected chi connectivity index (χ3v) is 6.08. The summed E-state index contributed by atoms with van der Waals surface area (Å²) < 4.78 is 33.5. The Bertz CT molecular complexity index is 1140. The van der Waals surface area contributed by atoms with Gasteiger partial charge in [0.25, 0.3) is 15.9 Å². The van der Waals surface area contributed by atoms with Crippen molar-refractivity contribution in [2.45, 2.75) is 11.3 Å². The first-order chi connectivity index (χ1) is 13.0. The van der Waals surface area contributed by atoms with Crippen LogP contribution in [0, 0.1) is 0 Å². The standard InChI is InChI=1S/C18H18N4O4S/c1-19-9-7-12-10-22(14-5-3-8-20-17(12)14)27(24,25)15-6-2-4-13-18(15)26-11-16(23)21-13/h2-6,8,10,19H,7,9,11H2,1H3,(H,21,23). The van der Waals surface area contributed by atoms with E-state index >= 15 is 0 Å². The molecule has 1 aromatic carbocycles. The topological polar surface area (TPSA) is 102 Å². The molecule has 4 rings (SSSR count). The van der Waals surface area contributed by atoms with Crippen LogP contribution in [0.3, 0.4) is 0 Å². The number of rotatable bonds is 5. The van der Waals surface area contributed by atoms with Crippen molar-refractivity contribution in [1.29, 1.82) is 0 Å². The van der Waals surface area contributed by atoms with Crippen LogP contribution >= 0.6 is 0 Å². The number of para-hydroxylation sites is 1. The Hall–Kier alpha value is -2.91. The summed E-state index contributed by atoms with van der Waals surface area (Å²) in [7, 11) is -2.11. The minimum Gasteiger partial charge on any atom is -0.480 e. The first-order valence-corrected chi connectivity index (χ1v) is 9.87. The van der Waals surface area contributed by atoms with Crippen molar-refractivity contribution < 1.29 is 17.9 Å². The van der Waals surface area contributed by atoms with E-state index in [9.17, 15) is 13.2 Å². The van der Waals surface area contributed by atoms with E-state index < -0.39 is 10.0 Å². The highest BCUT2D eigenvalue weighted by Crippen LogP contribution is 2.36. The number of anilines is 1. The SMILES string of the molecule is CNCCc1cn(S(=O)(=O)c2cccc3c2OCC(=O)N3)c2cccnc12. The second-order valence-electron chi connectivity index (χ2n) is 6.15. The van der Waals surface area contributed by atoms with Gasteiger partial charge in [0.2, 0.25) is 0 Å². The molecule has 0 fully saturated rings. The fraction of sp³-hybridized carbons (Fsp3) is 0.222. The first-order valence-electron chi connectivity index (χ1n) is 8.43. The Kier molecular flexibility index (Phi) is 4.33. The molecule has 3 aromatic rings. The molecule has 1 amide bonds. The summed E-state index contributed by atoms with van der Waals surface area (Å²) in [4.78, 5) is 15.9. The molecule has 0 atom stereocenters. The monoisotopic (exact) mass is 386 g/mol. The predicted molar refractivity (Wildman–Crippen MR) is 101 cm³/mol. The number of likely N-dealkylation sites (N-methyl/N-ethyl adjacent to an activating group) is 1. The second-order valence-corrected chi connectivity index (χ2v) is 7.93. The van der Waals surface area contributed by atoms with Gasteiger partial charge in [-0.05, 0) is 49.8 Å². The van der Waals surface area contributed by atoms with Crippen LogP contribution in [-0.2, 0) is 21.2 Å². The van der Waals surface area contributed by atoms with E-state index in [0.29, 0.717) is 29.7 Å². The number of nitrogens with zero attached hydrogens (tertiary/aromatic N) is 2. The van der Waals surface area contributed by atoms with Crippen molar-refractivity contribution in [1.82, 2.24) is 14.3 Å². The molecule has 1 aliphatic heterocycles. The Labute approximate surface area is 156 Å². The molecule has 2 N–H and O–H groups in total. The van der Waals surface area contributed by atoms with Crippen LogP contribution < -0.4 is 15.4 Å². The summed E-state index contributed by atoms with van der Waals surface area (Å²) in [5.41, 5.74) is 2.33.